The summed E-state index contributed by atoms with van der Waals surface area (Å²) >= 11 is 14.8. The lowest BCUT2D eigenvalue weighted by Crippen LogP contribution is -2.06. The van der Waals surface area contributed by atoms with Crippen LogP contribution in [0.2, 0.25) is 10.6 Å². The zero-order valence-corrected chi connectivity index (χ0v) is 11.5. The van der Waals surface area contributed by atoms with Crippen molar-refractivity contribution in [3.63, 3.8) is 0 Å². The number of hydrogen-bond donors (Lipinski definition) is 0. The molecular formula is C8H6BrCl2N5. The Morgan fingerprint density at radius 3 is 2.06 bits per heavy atom. The molecule has 0 aliphatic rings. The molecule has 0 N–H and O–H groups in total. The lowest BCUT2D eigenvalue weighted by atomic mass is 10.4. The molecule has 2 heterocycles. The fourth-order valence-electron chi connectivity index (χ4n) is 1.23. The van der Waals surface area contributed by atoms with Gasteiger partial charge in [0.05, 0.1) is 15.9 Å². The number of hydrogen-bond acceptors (Lipinski definition) is 4. The lowest BCUT2D eigenvalue weighted by Gasteiger charge is -2.02. The van der Waals surface area contributed by atoms with E-state index in [1.54, 1.807) is 4.68 Å². The molecule has 0 saturated heterocycles. The van der Waals surface area contributed by atoms with Crippen LogP contribution in [0.4, 0.5) is 0 Å². The number of rotatable bonds is 1. The van der Waals surface area contributed by atoms with Crippen LogP contribution in [0.15, 0.2) is 4.47 Å². The molecule has 2 aromatic heterocycles. The maximum absolute atomic E-state index is 5.70. The van der Waals surface area contributed by atoms with Crippen LogP contribution in [0.5, 0.6) is 0 Å². The summed E-state index contributed by atoms with van der Waals surface area (Å²) in [5.74, 6) is 0.302. The second-order valence-electron chi connectivity index (χ2n) is 3.07. The van der Waals surface area contributed by atoms with E-state index in [0.29, 0.717) is 5.95 Å². The predicted molar refractivity (Wildman–Crippen MR) is 64.1 cm³/mol. The van der Waals surface area contributed by atoms with E-state index in [1.807, 2.05) is 13.8 Å². The van der Waals surface area contributed by atoms with Gasteiger partial charge in [0.2, 0.25) is 10.6 Å². The maximum Gasteiger partial charge on any atom is 0.256 e. The van der Waals surface area contributed by atoms with Gasteiger partial charge in [-0.1, -0.05) is 0 Å². The molecule has 0 aromatic carbocycles. The molecule has 0 amide bonds. The van der Waals surface area contributed by atoms with Gasteiger partial charge in [0.1, 0.15) is 0 Å². The highest BCUT2D eigenvalue weighted by atomic mass is 79.9. The van der Waals surface area contributed by atoms with Gasteiger partial charge in [0, 0.05) is 0 Å². The fraction of sp³-hybridized carbons (Fsp3) is 0.250. The van der Waals surface area contributed by atoms with Crippen molar-refractivity contribution in [2.75, 3.05) is 0 Å². The molecule has 0 unspecified atom stereocenters. The molecule has 0 radical (unpaired) electrons. The van der Waals surface area contributed by atoms with E-state index >= 15 is 0 Å². The molecule has 0 aliphatic carbocycles. The zero-order valence-electron chi connectivity index (χ0n) is 8.37. The Bertz CT molecular complexity index is 533. The summed E-state index contributed by atoms with van der Waals surface area (Å²) in [6, 6.07) is 0. The number of aryl methyl sites for hydroxylation is 1. The quantitative estimate of drug-likeness (QED) is 0.810. The topological polar surface area (TPSA) is 56.5 Å². The molecule has 8 heteroatoms. The fourth-order valence-corrected chi connectivity index (χ4v) is 1.83. The van der Waals surface area contributed by atoms with E-state index in [0.717, 1.165) is 15.9 Å². The molecule has 84 valence electrons. The van der Waals surface area contributed by atoms with Crippen molar-refractivity contribution in [2.24, 2.45) is 0 Å². The molecule has 5 nitrogen and oxygen atoms in total. The third-order valence-electron chi connectivity index (χ3n) is 1.96. The van der Waals surface area contributed by atoms with Gasteiger partial charge in [-0.25, -0.2) is 4.68 Å². The van der Waals surface area contributed by atoms with Gasteiger partial charge >= 0.3 is 0 Å². The van der Waals surface area contributed by atoms with Crippen LogP contribution >= 0.6 is 39.1 Å². The van der Waals surface area contributed by atoms with E-state index in [2.05, 4.69) is 36.0 Å². The van der Waals surface area contributed by atoms with Gasteiger partial charge < -0.3 is 0 Å². The number of nitrogens with zero attached hydrogens (tertiary/aromatic N) is 5. The maximum atomic E-state index is 5.70. The molecule has 0 spiro atoms. The van der Waals surface area contributed by atoms with Gasteiger partial charge in [-0.05, 0) is 53.0 Å². The second kappa shape index (κ2) is 4.27. The smallest absolute Gasteiger partial charge is 0.202 e. The van der Waals surface area contributed by atoms with Gasteiger partial charge in [-0.15, -0.1) is 0 Å². The van der Waals surface area contributed by atoms with Gasteiger partial charge in [-0.2, -0.15) is 20.1 Å². The molecule has 16 heavy (non-hydrogen) atoms. The van der Waals surface area contributed by atoms with Crippen molar-refractivity contribution in [3.05, 3.63) is 26.4 Å². The lowest BCUT2D eigenvalue weighted by molar-refractivity contribution is 0.763. The van der Waals surface area contributed by atoms with Crippen LogP contribution in [0.3, 0.4) is 0 Å². The van der Waals surface area contributed by atoms with Gasteiger partial charge in [0.15, 0.2) is 0 Å². The molecular weight excluding hydrogens is 317 g/mol. The molecule has 0 atom stereocenters. The minimum Gasteiger partial charge on any atom is -0.202 e. The Balaban J connectivity index is 2.62. The van der Waals surface area contributed by atoms with E-state index in [-0.39, 0.29) is 10.6 Å². The first-order valence-electron chi connectivity index (χ1n) is 4.28. The van der Waals surface area contributed by atoms with E-state index < -0.39 is 0 Å². The van der Waals surface area contributed by atoms with Crippen LogP contribution in [-0.4, -0.2) is 24.7 Å². The normalized spacial score (nSPS) is 10.8. The van der Waals surface area contributed by atoms with Crippen LogP contribution in [0, 0.1) is 13.8 Å². The van der Waals surface area contributed by atoms with Crippen LogP contribution in [-0.2, 0) is 0 Å². The monoisotopic (exact) mass is 321 g/mol. The van der Waals surface area contributed by atoms with Crippen molar-refractivity contribution in [3.8, 4) is 5.95 Å². The molecule has 0 aliphatic heterocycles. The SMILES string of the molecule is Cc1nn(-c2nc(Cl)nc(Cl)n2)c(C)c1Br. The van der Waals surface area contributed by atoms with Gasteiger partial charge in [0.25, 0.3) is 5.95 Å². The predicted octanol–water partition coefficient (Wildman–Crippen LogP) is 2.74. The first-order chi connectivity index (χ1) is 7.49. The van der Waals surface area contributed by atoms with Crippen molar-refractivity contribution in [1.29, 1.82) is 0 Å². The Morgan fingerprint density at radius 1 is 1.06 bits per heavy atom. The highest BCUT2D eigenvalue weighted by molar-refractivity contribution is 9.10. The minimum absolute atomic E-state index is 0.0404. The Morgan fingerprint density at radius 2 is 1.62 bits per heavy atom. The molecule has 0 bridgehead atoms. The summed E-state index contributed by atoms with van der Waals surface area (Å²) in [5.41, 5.74) is 1.71. The standard InChI is InChI=1S/C8H6BrCl2N5/c1-3-5(9)4(2)16(15-3)8-13-6(10)12-7(11)14-8/h1-2H3. The van der Waals surface area contributed by atoms with Gasteiger partial charge in [-0.3, -0.25) is 0 Å². The summed E-state index contributed by atoms with van der Waals surface area (Å²) in [6.07, 6.45) is 0. The molecule has 2 rings (SSSR count). The van der Waals surface area contributed by atoms with Crippen LogP contribution in [0.1, 0.15) is 11.4 Å². The van der Waals surface area contributed by atoms with Crippen molar-refractivity contribution >= 4 is 39.1 Å². The zero-order chi connectivity index (χ0) is 11.9. The van der Waals surface area contributed by atoms with E-state index in [1.165, 1.54) is 0 Å². The Hall–Kier alpha value is -0.720. The summed E-state index contributed by atoms with van der Waals surface area (Å²) < 4.78 is 2.46. The minimum atomic E-state index is 0.0404. The Labute approximate surface area is 110 Å². The highest BCUT2D eigenvalue weighted by Crippen LogP contribution is 2.22. The van der Waals surface area contributed by atoms with E-state index in [9.17, 15) is 0 Å². The number of halogens is 3. The molecule has 0 fully saturated rings. The van der Waals surface area contributed by atoms with Crippen molar-refractivity contribution in [2.45, 2.75) is 13.8 Å². The highest BCUT2D eigenvalue weighted by Gasteiger charge is 2.13. The summed E-state index contributed by atoms with van der Waals surface area (Å²) in [6.45, 7) is 3.76. The summed E-state index contributed by atoms with van der Waals surface area (Å²) in [5, 5.41) is 4.34. The average Bonchev–Trinajstić information content (AvgIpc) is 2.44. The summed E-state index contributed by atoms with van der Waals surface area (Å²) in [4.78, 5) is 11.6. The molecule has 0 saturated carbocycles. The van der Waals surface area contributed by atoms with Crippen LogP contribution in [0.25, 0.3) is 5.95 Å². The number of aromatic nitrogens is 5. The summed E-state index contributed by atoms with van der Waals surface area (Å²) in [7, 11) is 0. The first kappa shape index (κ1) is 11.8. The molecule has 2 aromatic rings. The third kappa shape index (κ3) is 2.05. The van der Waals surface area contributed by atoms with Crippen LogP contribution < -0.4 is 0 Å². The van der Waals surface area contributed by atoms with Crippen molar-refractivity contribution < 1.29 is 0 Å². The van der Waals surface area contributed by atoms with Crippen molar-refractivity contribution in [1.82, 2.24) is 24.7 Å². The van der Waals surface area contributed by atoms with E-state index in [4.69, 9.17) is 23.2 Å². The Kier molecular flexibility index (Phi) is 3.14. The second-order valence-corrected chi connectivity index (χ2v) is 4.54. The third-order valence-corrected chi connectivity index (χ3v) is 3.45. The largest absolute Gasteiger partial charge is 0.256 e. The first-order valence-corrected chi connectivity index (χ1v) is 5.83. The average molecular weight is 323 g/mol.